The van der Waals surface area contributed by atoms with Gasteiger partial charge in [0.1, 0.15) is 0 Å². The van der Waals surface area contributed by atoms with Crippen LogP contribution >= 0.6 is 0 Å². The monoisotopic (exact) mass is 293 g/mol. The second-order valence-corrected chi connectivity index (χ2v) is 6.40. The number of nitrogens with two attached hydrogens (primary N) is 1. The molecule has 1 aliphatic heterocycles. The average molecular weight is 293 g/mol. The number of ether oxygens (including phenoxy) is 2. The normalized spacial score (nSPS) is 24.2. The Morgan fingerprint density at radius 1 is 1.05 bits per heavy atom. The van der Waals surface area contributed by atoms with E-state index in [9.17, 15) is 9.59 Å². The molecule has 1 amide bonds. The van der Waals surface area contributed by atoms with Gasteiger partial charge in [0.25, 0.3) is 5.91 Å². The predicted octanol–water partition coefficient (Wildman–Crippen LogP) is 1.56. The van der Waals surface area contributed by atoms with Crippen molar-refractivity contribution in [3.63, 3.8) is 0 Å². The van der Waals surface area contributed by atoms with Crippen molar-refractivity contribution in [3.8, 4) is 0 Å². The van der Waals surface area contributed by atoms with E-state index in [4.69, 9.17) is 15.2 Å². The largest absolute Gasteiger partial charge is 0.449 e. The molecular formula is C16H23NO4. The Morgan fingerprint density at radius 2 is 1.62 bits per heavy atom. The van der Waals surface area contributed by atoms with Crippen LogP contribution in [0.4, 0.5) is 0 Å². The topological polar surface area (TPSA) is 78.6 Å². The van der Waals surface area contributed by atoms with Crippen molar-refractivity contribution in [2.75, 3.05) is 13.2 Å². The van der Waals surface area contributed by atoms with E-state index in [2.05, 4.69) is 0 Å². The molecule has 5 heteroatoms. The van der Waals surface area contributed by atoms with Crippen LogP contribution in [0.1, 0.15) is 38.5 Å². The van der Waals surface area contributed by atoms with Crippen LogP contribution in [-0.2, 0) is 19.1 Å². The Hall–Kier alpha value is -1.36. The second kappa shape index (κ2) is 6.18. The Bertz CT molecular complexity index is 431. The van der Waals surface area contributed by atoms with Gasteiger partial charge in [0, 0.05) is 25.2 Å². The van der Waals surface area contributed by atoms with E-state index < -0.39 is 18.0 Å². The molecule has 21 heavy (non-hydrogen) atoms. The van der Waals surface area contributed by atoms with E-state index in [-0.39, 0.29) is 5.92 Å². The highest BCUT2D eigenvalue weighted by Gasteiger charge is 2.37. The number of amides is 1. The van der Waals surface area contributed by atoms with Crippen molar-refractivity contribution >= 4 is 11.9 Å². The molecule has 1 saturated heterocycles. The fraction of sp³-hybridized carbons (Fsp3) is 0.750. The van der Waals surface area contributed by atoms with Crippen molar-refractivity contribution in [2.45, 2.75) is 44.6 Å². The van der Waals surface area contributed by atoms with Crippen LogP contribution < -0.4 is 5.73 Å². The summed E-state index contributed by atoms with van der Waals surface area (Å²) in [5, 5.41) is 0. The summed E-state index contributed by atoms with van der Waals surface area (Å²) in [5.74, 6) is 0.168. The highest BCUT2D eigenvalue weighted by molar-refractivity contribution is 5.87. The van der Waals surface area contributed by atoms with Gasteiger partial charge in [-0.2, -0.15) is 0 Å². The molecule has 0 unspecified atom stereocenters. The Morgan fingerprint density at radius 3 is 2.10 bits per heavy atom. The SMILES string of the molecule is NC(=O)[C@H](OC(=O)C=C(C1CC1)C1CC1)C1CCOCC1. The summed E-state index contributed by atoms with van der Waals surface area (Å²) >= 11 is 0. The Labute approximate surface area is 124 Å². The van der Waals surface area contributed by atoms with Gasteiger partial charge in [-0.15, -0.1) is 0 Å². The van der Waals surface area contributed by atoms with Gasteiger partial charge in [-0.25, -0.2) is 4.79 Å². The van der Waals surface area contributed by atoms with Crippen LogP contribution in [0.2, 0.25) is 0 Å². The van der Waals surface area contributed by atoms with Crippen LogP contribution in [-0.4, -0.2) is 31.2 Å². The quantitative estimate of drug-likeness (QED) is 0.595. The zero-order chi connectivity index (χ0) is 14.8. The first-order valence-corrected chi connectivity index (χ1v) is 7.94. The summed E-state index contributed by atoms with van der Waals surface area (Å²) in [7, 11) is 0. The highest BCUT2D eigenvalue weighted by Crippen LogP contribution is 2.48. The smallest absolute Gasteiger partial charge is 0.331 e. The van der Waals surface area contributed by atoms with E-state index >= 15 is 0 Å². The zero-order valence-corrected chi connectivity index (χ0v) is 12.3. The van der Waals surface area contributed by atoms with Gasteiger partial charge in [0.05, 0.1) is 0 Å². The van der Waals surface area contributed by atoms with Crippen LogP contribution in [0.25, 0.3) is 0 Å². The van der Waals surface area contributed by atoms with Crippen LogP contribution in [0.3, 0.4) is 0 Å². The zero-order valence-electron chi connectivity index (χ0n) is 12.3. The lowest BCUT2D eigenvalue weighted by Crippen LogP contribution is -2.41. The van der Waals surface area contributed by atoms with Crippen LogP contribution in [0.5, 0.6) is 0 Å². The van der Waals surface area contributed by atoms with Crippen molar-refractivity contribution in [1.82, 2.24) is 0 Å². The number of allylic oxidation sites excluding steroid dienone is 1. The molecule has 1 heterocycles. The molecule has 2 saturated carbocycles. The maximum absolute atomic E-state index is 12.1. The van der Waals surface area contributed by atoms with Crippen molar-refractivity contribution in [2.24, 2.45) is 23.5 Å². The molecule has 0 aromatic heterocycles. The molecule has 3 fully saturated rings. The van der Waals surface area contributed by atoms with Gasteiger partial charge in [0.2, 0.25) is 0 Å². The number of hydrogen-bond donors (Lipinski definition) is 1. The minimum atomic E-state index is -0.822. The van der Waals surface area contributed by atoms with Gasteiger partial charge in [-0.3, -0.25) is 4.79 Å². The number of carbonyl (C=O) groups is 2. The molecule has 0 bridgehead atoms. The number of hydrogen-bond acceptors (Lipinski definition) is 4. The number of primary amides is 1. The summed E-state index contributed by atoms with van der Waals surface area (Å²) in [4.78, 5) is 23.7. The molecule has 3 rings (SSSR count). The summed E-state index contributed by atoms with van der Waals surface area (Å²) in [6, 6.07) is 0. The number of carbonyl (C=O) groups excluding carboxylic acids is 2. The fourth-order valence-corrected chi connectivity index (χ4v) is 3.10. The van der Waals surface area contributed by atoms with E-state index in [0.29, 0.717) is 37.9 Å². The fourth-order valence-electron chi connectivity index (χ4n) is 3.10. The Balaban J connectivity index is 1.62. The molecule has 2 aliphatic carbocycles. The van der Waals surface area contributed by atoms with Crippen molar-refractivity contribution in [3.05, 3.63) is 11.6 Å². The molecule has 5 nitrogen and oxygen atoms in total. The van der Waals surface area contributed by atoms with E-state index in [1.807, 2.05) is 0 Å². The first-order valence-electron chi connectivity index (χ1n) is 7.94. The minimum Gasteiger partial charge on any atom is -0.449 e. The lowest BCUT2D eigenvalue weighted by atomic mass is 9.93. The van der Waals surface area contributed by atoms with Gasteiger partial charge < -0.3 is 15.2 Å². The first kappa shape index (κ1) is 14.6. The minimum absolute atomic E-state index is 0.0149. The summed E-state index contributed by atoms with van der Waals surface area (Å²) in [5.41, 5.74) is 6.64. The van der Waals surface area contributed by atoms with E-state index in [0.717, 1.165) is 0 Å². The molecule has 1 atom stereocenters. The van der Waals surface area contributed by atoms with Gasteiger partial charge in [-0.1, -0.05) is 5.57 Å². The lowest BCUT2D eigenvalue weighted by molar-refractivity contribution is -0.155. The maximum atomic E-state index is 12.1. The van der Waals surface area contributed by atoms with Gasteiger partial charge in [-0.05, 0) is 50.4 Å². The summed E-state index contributed by atoms with van der Waals surface area (Å²) < 4.78 is 10.7. The van der Waals surface area contributed by atoms with Crippen molar-refractivity contribution in [1.29, 1.82) is 0 Å². The highest BCUT2D eigenvalue weighted by atomic mass is 16.5. The maximum Gasteiger partial charge on any atom is 0.331 e. The van der Waals surface area contributed by atoms with Crippen molar-refractivity contribution < 1.29 is 19.1 Å². The molecule has 2 N–H and O–H groups in total. The second-order valence-electron chi connectivity index (χ2n) is 6.40. The molecule has 3 aliphatic rings. The molecule has 0 radical (unpaired) electrons. The molecule has 0 aromatic rings. The third-order valence-electron chi connectivity index (χ3n) is 4.60. The summed E-state index contributed by atoms with van der Waals surface area (Å²) in [6.07, 6.45) is 6.93. The van der Waals surface area contributed by atoms with Gasteiger partial charge in [0.15, 0.2) is 6.10 Å². The molecule has 0 aromatic carbocycles. The molecule has 116 valence electrons. The number of rotatable bonds is 6. The van der Waals surface area contributed by atoms with Crippen LogP contribution in [0, 0.1) is 17.8 Å². The van der Waals surface area contributed by atoms with E-state index in [1.54, 1.807) is 6.08 Å². The third-order valence-corrected chi connectivity index (χ3v) is 4.60. The van der Waals surface area contributed by atoms with E-state index in [1.165, 1.54) is 31.3 Å². The lowest BCUT2D eigenvalue weighted by Gasteiger charge is -2.27. The summed E-state index contributed by atoms with van der Waals surface area (Å²) in [6.45, 7) is 1.19. The number of esters is 1. The van der Waals surface area contributed by atoms with Crippen LogP contribution in [0.15, 0.2) is 11.6 Å². The third kappa shape index (κ3) is 3.84. The molecular weight excluding hydrogens is 270 g/mol. The average Bonchev–Trinajstić information content (AvgIpc) is 3.36. The Kier molecular flexibility index (Phi) is 4.29. The predicted molar refractivity (Wildman–Crippen MR) is 76.1 cm³/mol. The first-order chi connectivity index (χ1) is 10.1. The molecule has 0 spiro atoms. The van der Waals surface area contributed by atoms with Gasteiger partial charge >= 0.3 is 5.97 Å². The standard InChI is InChI=1S/C16H23NO4/c17-16(19)15(12-5-7-20-8-6-12)21-14(18)9-13(10-1-2-10)11-3-4-11/h9-12,15H,1-8H2,(H2,17,19)/t15-/m1/s1.